The van der Waals surface area contributed by atoms with Gasteiger partial charge in [0.1, 0.15) is 5.75 Å². The van der Waals surface area contributed by atoms with Crippen LogP contribution >= 0.6 is 24.8 Å². The maximum absolute atomic E-state index is 13.6. The number of halogens is 2. The number of amides is 1. The minimum Gasteiger partial charge on any atom is -0.494 e. The number of ether oxygens (including phenoxy) is 1. The molecular formula is C23H36Cl2N4O5S. The summed E-state index contributed by atoms with van der Waals surface area (Å²) in [5.74, 6) is 2.50. The largest absolute Gasteiger partial charge is 0.494 e. The number of terminal acetylenes is 1. The molecule has 2 aliphatic rings. The average Bonchev–Trinajstić information content (AvgIpc) is 2.85. The summed E-state index contributed by atoms with van der Waals surface area (Å²) in [4.78, 5) is 16.7. The van der Waals surface area contributed by atoms with Gasteiger partial charge in [-0.25, -0.2) is 13.9 Å². The first-order chi connectivity index (χ1) is 15.9. The highest BCUT2D eigenvalue weighted by molar-refractivity contribution is 7.91. The van der Waals surface area contributed by atoms with Gasteiger partial charge >= 0.3 is 0 Å². The molecule has 2 heterocycles. The zero-order chi connectivity index (χ0) is 23.9. The van der Waals surface area contributed by atoms with E-state index in [1.54, 1.807) is 5.48 Å². The zero-order valence-corrected chi connectivity index (χ0v) is 22.5. The molecule has 2 aliphatic heterocycles. The van der Waals surface area contributed by atoms with Crippen LogP contribution in [-0.2, 0) is 14.8 Å². The van der Waals surface area contributed by atoms with E-state index < -0.39 is 20.7 Å². The van der Waals surface area contributed by atoms with Crippen LogP contribution in [0.25, 0.3) is 0 Å². The maximum atomic E-state index is 13.6. The average molecular weight is 552 g/mol. The molecule has 2 N–H and O–H groups in total. The van der Waals surface area contributed by atoms with Crippen LogP contribution < -0.4 is 15.1 Å². The summed E-state index contributed by atoms with van der Waals surface area (Å²) < 4.78 is 32.6. The molecule has 1 aromatic carbocycles. The van der Waals surface area contributed by atoms with E-state index in [1.807, 2.05) is 29.2 Å². The topological polar surface area (TPSA) is 102 Å². The summed E-state index contributed by atoms with van der Waals surface area (Å²) in [6, 6.07) is 7.82. The second kappa shape index (κ2) is 14.1. The molecule has 1 amide bonds. The first kappa shape index (κ1) is 31.3. The summed E-state index contributed by atoms with van der Waals surface area (Å²) in [5.41, 5.74) is 2.60. The first-order valence-electron chi connectivity index (χ1n) is 11.5. The van der Waals surface area contributed by atoms with E-state index in [0.717, 1.165) is 24.3 Å². The highest BCUT2D eigenvalue weighted by atomic mass is 35.5. The highest BCUT2D eigenvalue weighted by Crippen LogP contribution is 2.34. The second-order valence-electron chi connectivity index (χ2n) is 8.50. The predicted molar refractivity (Wildman–Crippen MR) is 141 cm³/mol. The van der Waals surface area contributed by atoms with Crippen LogP contribution in [0.1, 0.15) is 32.6 Å². The molecule has 1 aromatic rings. The predicted octanol–water partition coefficient (Wildman–Crippen LogP) is 2.13. The highest BCUT2D eigenvalue weighted by Gasteiger charge is 2.55. The summed E-state index contributed by atoms with van der Waals surface area (Å²) in [6.45, 7) is 5.52. The Morgan fingerprint density at radius 3 is 2.23 bits per heavy atom. The molecule has 0 unspecified atom stereocenters. The minimum absolute atomic E-state index is 0. The van der Waals surface area contributed by atoms with Gasteiger partial charge in [-0.05, 0) is 43.5 Å². The standard InChI is InChI=1S/C23H34N4O5S.2ClH/c1-3-5-19-32-21-8-6-20(7-9-21)26-15-17-27(18-16-26)33(30,31)23(22(28)24-29)10-13-25(12-4-2)14-11-23;;/h2,6-9,29H,3,5,10-19H2,1H3,(H,24,28);2*1H. The Hall–Kier alpha value is -1.74. The van der Waals surface area contributed by atoms with Crippen molar-refractivity contribution in [2.75, 3.05) is 57.3 Å². The fourth-order valence-electron chi connectivity index (χ4n) is 4.43. The van der Waals surface area contributed by atoms with E-state index in [0.29, 0.717) is 39.3 Å². The van der Waals surface area contributed by atoms with Gasteiger partial charge in [0, 0.05) is 45.0 Å². The number of rotatable bonds is 9. The van der Waals surface area contributed by atoms with Crippen molar-refractivity contribution in [1.82, 2.24) is 14.7 Å². The molecule has 35 heavy (non-hydrogen) atoms. The molecule has 0 atom stereocenters. The monoisotopic (exact) mass is 550 g/mol. The van der Waals surface area contributed by atoms with Gasteiger partial charge < -0.3 is 9.64 Å². The number of benzene rings is 1. The second-order valence-corrected chi connectivity index (χ2v) is 10.8. The van der Waals surface area contributed by atoms with Crippen LogP contribution in [0.3, 0.4) is 0 Å². The Labute approximate surface area is 221 Å². The number of unbranched alkanes of at least 4 members (excludes halogenated alkanes) is 1. The molecule has 2 fully saturated rings. The van der Waals surface area contributed by atoms with Gasteiger partial charge in [-0.1, -0.05) is 19.3 Å². The lowest BCUT2D eigenvalue weighted by Crippen LogP contribution is -2.63. The van der Waals surface area contributed by atoms with Crippen molar-refractivity contribution in [3.63, 3.8) is 0 Å². The third kappa shape index (κ3) is 6.94. The van der Waals surface area contributed by atoms with Gasteiger partial charge in [-0.15, -0.1) is 31.2 Å². The Morgan fingerprint density at radius 2 is 1.71 bits per heavy atom. The van der Waals surface area contributed by atoms with Gasteiger partial charge in [0.15, 0.2) is 4.75 Å². The molecule has 9 nitrogen and oxygen atoms in total. The summed E-state index contributed by atoms with van der Waals surface area (Å²) in [5, 5.41) is 9.32. The smallest absolute Gasteiger partial charge is 0.266 e. The number of likely N-dealkylation sites (tertiary alicyclic amines) is 1. The van der Waals surface area contributed by atoms with E-state index in [2.05, 4.69) is 17.7 Å². The van der Waals surface area contributed by atoms with E-state index in [9.17, 15) is 18.4 Å². The number of hydrogen-bond donors (Lipinski definition) is 2. The molecular weight excluding hydrogens is 515 g/mol. The van der Waals surface area contributed by atoms with Gasteiger partial charge in [-0.3, -0.25) is 14.9 Å². The van der Waals surface area contributed by atoms with Gasteiger partial charge in [0.05, 0.1) is 13.2 Å². The SMILES string of the molecule is C#CCN1CCC(C(=O)NO)(S(=O)(=O)N2CCN(c3ccc(OCCCC)cc3)CC2)CC1.Cl.Cl. The summed E-state index contributed by atoms with van der Waals surface area (Å²) in [7, 11) is -3.99. The first-order valence-corrected chi connectivity index (χ1v) is 12.9. The molecule has 12 heteroatoms. The number of carbonyl (C=O) groups excluding carboxylic acids is 1. The molecule has 3 rings (SSSR count). The van der Waals surface area contributed by atoms with Crippen LogP contribution in [0.2, 0.25) is 0 Å². The van der Waals surface area contributed by atoms with Crippen molar-refractivity contribution in [3.8, 4) is 18.1 Å². The number of nitrogens with zero attached hydrogens (tertiary/aromatic N) is 3. The fourth-order valence-corrected chi connectivity index (χ4v) is 6.54. The van der Waals surface area contributed by atoms with Crippen molar-refractivity contribution in [3.05, 3.63) is 24.3 Å². The third-order valence-corrected chi connectivity index (χ3v) is 9.16. The Morgan fingerprint density at radius 1 is 1.11 bits per heavy atom. The van der Waals surface area contributed by atoms with Crippen LogP contribution in [-0.4, -0.2) is 85.9 Å². The van der Waals surface area contributed by atoms with E-state index in [-0.39, 0.29) is 50.7 Å². The van der Waals surface area contributed by atoms with E-state index in [1.165, 1.54) is 4.31 Å². The number of carbonyl (C=O) groups is 1. The van der Waals surface area contributed by atoms with Crippen molar-refractivity contribution in [1.29, 1.82) is 0 Å². The van der Waals surface area contributed by atoms with Gasteiger partial charge in [-0.2, -0.15) is 4.31 Å². The number of hydrogen-bond acceptors (Lipinski definition) is 7. The normalized spacial score (nSPS) is 18.5. The Balaban J connectivity index is 0.00000306. The lowest BCUT2D eigenvalue weighted by Gasteiger charge is -2.43. The molecule has 0 aliphatic carbocycles. The quantitative estimate of drug-likeness (QED) is 0.210. The Kier molecular flexibility index (Phi) is 12.6. The van der Waals surface area contributed by atoms with Crippen LogP contribution in [0, 0.1) is 12.3 Å². The van der Waals surface area contributed by atoms with Crippen molar-refractivity contribution >= 4 is 46.4 Å². The summed E-state index contributed by atoms with van der Waals surface area (Å²) >= 11 is 0. The Bertz CT molecular complexity index is 940. The van der Waals surface area contributed by atoms with Crippen molar-refractivity contribution in [2.24, 2.45) is 0 Å². The molecule has 198 valence electrons. The lowest BCUT2D eigenvalue weighted by molar-refractivity contribution is -0.133. The van der Waals surface area contributed by atoms with E-state index >= 15 is 0 Å². The van der Waals surface area contributed by atoms with Crippen LogP contribution in [0.4, 0.5) is 5.69 Å². The molecule has 0 aromatic heterocycles. The van der Waals surface area contributed by atoms with Crippen molar-refractivity contribution < 1.29 is 23.2 Å². The maximum Gasteiger partial charge on any atom is 0.266 e. The summed E-state index contributed by atoms with van der Waals surface area (Å²) in [6.07, 6.45) is 7.62. The van der Waals surface area contributed by atoms with Gasteiger partial charge in [0.25, 0.3) is 5.91 Å². The van der Waals surface area contributed by atoms with Crippen molar-refractivity contribution in [2.45, 2.75) is 37.4 Å². The van der Waals surface area contributed by atoms with Crippen LogP contribution in [0.15, 0.2) is 24.3 Å². The molecule has 2 saturated heterocycles. The fraction of sp³-hybridized carbons (Fsp3) is 0.609. The number of piperidine rings is 1. The lowest BCUT2D eigenvalue weighted by atomic mass is 9.95. The third-order valence-electron chi connectivity index (χ3n) is 6.53. The minimum atomic E-state index is -3.99. The van der Waals surface area contributed by atoms with Crippen LogP contribution in [0.5, 0.6) is 5.75 Å². The molecule has 0 spiro atoms. The number of piperazine rings is 1. The molecule has 0 radical (unpaired) electrons. The van der Waals surface area contributed by atoms with Gasteiger partial charge in [0.2, 0.25) is 10.0 Å². The van der Waals surface area contributed by atoms with E-state index in [4.69, 9.17) is 11.2 Å². The number of anilines is 1. The number of nitrogens with one attached hydrogen (secondary N) is 1. The zero-order valence-electron chi connectivity index (χ0n) is 20.0. The molecule has 0 bridgehead atoms. The number of sulfonamides is 1. The molecule has 0 saturated carbocycles. The number of hydroxylamine groups is 1.